The van der Waals surface area contributed by atoms with E-state index in [1.807, 2.05) is 0 Å². The minimum absolute atomic E-state index is 1.00. The van der Waals surface area contributed by atoms with Crippen LogP contribution in [0.1, 0.15) is 0 Å². The van der Waals surface area contributed by atoms with Crippen molar-refractivity contribution in [1.82, 2.24) is 0 Å². The van der Waals surface area contributed by atoms with Gasteiger partial charge in [0.2, 0.25) is 0 Å². The Morgan fingerprint density at radius 1 is 1.00 bits per heavy atom. The molecule has 2 N–H and O–H groups in total. The zero-order valence-electron chi connectivity index (χ0n) is 6.62. The standard InChI is InChI=1S/C4H13As.H2O4S/c2*1-5(2,3)4/h5H,1-4H3;(H2,1,2,3,4). The molecule has 0 spiro atoms. The molecule has 0 aromatic heterocycles. The molecule has 0 aliphatic rings. The van der Waals surface area contributed by atoms with Gasteiger partial charge >= 0.3 is 46.8 Å². The molecule has 10 heavy (non-hydrogen) atoms. The molecule has 0 aromatic carbocycles. The summed E-state index contributed by atoms with van der Waals surface area (Å²) in [7, 11) is -4.67. The van der Waals surface area contributed by atoms with Crippen LogP contribution in [-0.2, 0) is 10.4 Å². The predicted molar refractivity (Wildman–Crippen MR) is 44.8 cm³/mol. The first kappa shape index (κ1) is 13.0. The van der Waals surface area contributed by atoms with E-state index in [0.29, 0.717) is 0 Å². The van der Waals surface area contributed by atoms with Gasteiger partial charge in [-0.25, -0.2) is 0 Å². The molecule has 6 heteroatoms. The average Bonchev–Trinajstić information content (AvgIpc) is 1.12. The number of hydrogen-bond donors (Lipinski definition) is 2. The van der Waals surface area contributed by atoms with E-state index in [9.17, 15) is 0 Å². The second kappa shape index (κ2) is 4.34. The van der Waals surface area contributed by atoms with Gasteiger partial charge in [0, 0.05) is 0 Å². The maximum absolute atomic E-state index is 8.74. The van der Waals surface area contributed by atoms with Gasteiger partial charge in [-0.3, -0.25) is 9.11 Å². The molecule has 0 aliphatic heterocycles. The van der Waals surface area contributed by atoms with Crippen LogP contribution in [-0.4, -0.2) is 31.1 Å². The number of hydrogen-bond acceptors (Lipinski definition) is 2. The fraction of sp³-hybridized carbons (Fsp3) is 1.00. The van der Waals surface area contributed by atoms with Crippen LogP contribution in [0.25, 0.3) is 0 Å². The van der Waals surface area contributed by atoms with E-state index in [4.69, 9.17) is 17.5 Å². The van der Waals surface area contributed by atoms with Crippen molar-refractivity contribution < 1.29 is 17.5 Å². The molecule has 4 nitrogen and oxygen atoms in total. The van der Waals surface area contributed by atoms with Crippen molar-refractivity contribution in [2.45, 2.75) is 22.8 Å². The van der Waals surface area contributed by atoms with Crippen molar-refractivity contribution in [3.8, 4) is 0 Å². The van der Waals surface area contributed by atoms with Gasteiger partial charge in [0.15, 0.2) is 0 Å². The van der Waals surface area contributed by atoms with Gasteiger partial charge in [0.05, 0.1) is 0 Å². The van der Waals surface area contributed by atoms with E-state index in [1.165, 1.54) is 0 Å². The van der Waals surface area contributed by atoms with E-state index in [0.717, 1.165) is 0 Å². The van der Waals surface area contributed by atoms with Gasteiger partial charge in [0.25, 0.3) is 0 Å². The third kappa shape index (κ3) is 2530. The molecule has 0 aromatic rings. The summed E-state index contributed by atoms with van der Waals surface area (Å²) in [5.74, 6) is 0. The summed E-state index contributed by atoms with van der Waals surface area (Å²) in [6.07, 6.45) is 0. The summed E-state index contributed by atoms with van der Waals surface area (Å²) in [4.78, 5) is 0. The van der Waals surface area contributed by atoms with E-state index >= 15 is 0 Å². The largest absolute Gasteiger partial charge is 0.394 e. The van der Waals surface area contributed by atoms with Crippen molar-refractivity contribution in [1.29, 1.82) is 0 Å². The summed E-state index contributed by atoms with van der Waals surface area (Å²) >= 11 is -1.00. The molecule has 0 atom stereocenters. The summed E-state index contributed by atoms with van der Waals surface area (Å²) in [5, 5.41) is 0. The van der Waals surface area contributed by atoms with E-state index in [1.54, 1.807) is 0 Å². The minimum Gasteiger partial charge on any atom is -0.264 e. The third-order valence-electron chi connectivity index (χ3n) is 0. The topological polar surface area (TPSA) is 74.6 Å². The second-order valence-corrected chi connectivity index (χ2v) is 16.9. The fourth-order valence-corrected chi connectivity index (χ4v) is 0. The Morgan fingerprint density at radius 3 is 1.00 bits per heavy atom. The van der Waals surface area contributed by atoms with Crippen LogP contribution in [0.5, 0.6) is 0 Å². The molecule has 0 bridgehead atoms. The summed E-state index contributed by atoms with van der Waals surface area (Å²) in [6, 6.07) is 0. The van der Waals surface area contributed by atoms with Gasteiger partial charge in [-0.1, -0.05) is 0 Å². The molecular formula is C4H15AsO4S. The van der Waals surface area contributed by atoms with Crippen LogP contribution in [0.2, 0.25) is 22.8 Å². The summed E-state index contributed by atoms with van der Waals surface area (Å²) in [6.45, 7) is 0. The Hall–Kier alpha value is 0.428. The maximum Gasteiger partial charge on any atom is 0.394 e. The summed E-state index contributed by atoms with van der Waals surface area (Å²) < 4.78 is 31.6. The molecule has 0 fully saturated rings. The Labute approximate surface area is 64.7 Å². The fourth-order valence-electron chi connectivity index (χ4n) is 0. The van der Waals surface area contributed by atoms with E-state index in [2.05, 4.69) is 22.8 Å². The average molecular weight is 234 g/mol. The Bertz CT molecular complexity index is 152. The molecule has 0 unspecified atom stereocenters. The predicted octanol–water partition coefficient (Wildman–Crippen LogP) is 1.03. The van der Waals surface area contributed by atoms with Crippen molar-refractivity contribution in [3.05, 3.63) is 0 Å². The van der Waals surface area contributed by atoms with Gasteiger partial charge in [-0.2, -0.15) is 8.42 Å². The molecule has 0 heterocycles. The van der Waals surface area contributed by atoms with Crippen LogP contribution in [0.4, 0.5) is 0 Å². The first-order chi connectivity index (χ1) is 4.00. The van der Waals surface area contributed by atoms with Crippen molar-refractivity contribution in [2.75, 3.05) is 0 Å². The third-order valence-corrected chi connectivity index (χ3v) is 0. The monoisotopic (exact) mass is 234 g/mol. The smallest absolute Gasteiger partial charge is 0.264 e. The van der Waals surface area contributed by atoms with Gasteiger partial charge in [0.1, 0.15) is 0 Å². The minimum atomic E-state index is -4.67. The normalized spacial score (nSPS) is 13.4. The Kier molecular flexibility index (Phi) is 5.66. The zero-order valence-corrected chi connectivity index (χ0v) is 9.53. The van der Waals surface area contributed by atoms with Gasteiger partial charge in [-0.05, 0) is 0 Å². The van der Waals surface area contributed by atoms with E-state index < -0.39 is 24.0 Å². The first-order valence-corrected chi connectivity index (χ1v) is 12.5. The van der Waals surface area contributed by atoms with Crippen LogP contribution >= 0.6 is 0 Å². The SMILES string of the molecule is C[AsH](C)(C)C.O=S(=O)(O)O. The first-order valence-electron chi connectivity index (χ1n) is 2.70. The van der Waals surface area contributed by atoms with Gasteiger partial charge < -0.3 is 0 Å². The Balaban J connectivity index is 0. The molecule has 0 aliphatic carbocycles. The molecule has 0 saturated carbocycles. The Morgan fingerprint density at radius 2 is 1.00 bits per heavy atom. The number of rotatable bonds is 0. The maximum atomic E-state index is 8.74. The zero-order chi connectivity index (χ0) is 9.00. The molecule has 0 radical (unpaired) electrons. The quantitative estimate of drug-likeness (QED) is 0.485. The molecule has 0 amide bonds. The molecule has 0 saturated heterocycles. The summed E-state index contributed by atoms with van der Waals surface area (Å²) in [5.41, 5.74) is 9.50. The van der Waals surface area contributed by atoms with E-state index in [-0.39, 0.29) is 0 Å². The molecule has 66 valence electrons. The molecule has 0 rings (SSSR count). The second-order valence-electron chi connectivity index (χ2n) is 3.45. The van der Waals surface area contributed by atoms with Crippen LogP contribution < -0.4 is 0 Å². The van der Waals surface area contributed by atoms with Crippen molar-refractivity contribution in [3.63, 3.8) is 0 Å². The van der Waals surface area contributed by atoms with Crippen molar-refractivity contribution >= 4 is 24.0 Å². The molecular weight excluding hydrogens is 219 g/mol. The van der Waals surface area contributed by atoms with Crippen LogP contribution in [0.3, 0.4) is 0 Å². The van der Waals surface area contributed by atoms with Crippen LogP contribution in [0, 0.1) is 0 Å². The van der Waals surface area contributed by atoms with Crippen molar-refractivity contribution in [2.24, 2.45) is 0 Å². The van der Waals surface area contributed by atoms with Gasteiger partial charge in [-0.15, -0.1) is 0 Å². The van der Waals surface area contributed by atoms with Crippen LogP contribution in [0.15, 0.2) is 0 Å².